The van der Waals surface area contributed by atoms with Crippen molar-refractivity contribution in [3.05, 3.63) is 53.9 Å². The van der Waals surface area contributed by atoms with Crippen LogP contribution in [0, 0.1) is 13.8 Å². The first-order chi connectivity index (χ1) is 9.99. The zero-order valence-corrected chi connectivity index (χ0v) is 12.5. The smallest absolute Gasteiger partial charge is 0.264 e. The molecule has 108 valence electrons. The molecule has 2 aromatic heterocycles. The Morgan fingerprint density at radius 2 is 1.95 bits per heavy atom. The Hall–Kier alpha value is -2.34. The average Bonchev–Trinajstić information content (AvgIpc) is 2.88. The number of pyridine rings is 1. The summed E-state index contributed by atoms with van der Waals surface area (Å²) in [5.74, 6) is 0. The van der Waals surface area contributed by atoms with Crippen LogP contribution >= 0.6 is 0 Å². The molecule has 0 fully saturated rings. The average molecular weight is 301 g/mol. The fraction of sp³-hybridized carbons (Fsp3) is 0.133. The number of benzene rings is 1. The fourth-order valence-corrected chi connectivity index (χ4v) is 3.50. The van der Waals surface area contributed by atoms with Crippen molar-refractivity contribution >= 4 is 26.7 Å². The van der Waals surface area contributed by atoms with Gasteiger partial charge in [-0.05, 0) is 43.2 Å². The molecular formula is C15H15N3O2S. The molecule has 3 rings (SSSR count). The molecule has 0 amide bonds. The highest BCUT2D eigenvalue weighted by Crippen LogP contribution is 2.25. The van der Waals surface area contributed by atoms with Crippen molar-refractivity contribution in [2.24, 2.45) is 0 Å². The molecule has 1 aromatic carbocycles. The van der Waals surface area contributed by atoms with Gasteiger partial charge in [0.2, 0.25) is 0 Å². The van der Waals surface area contributed by atoms with Crippen molar-refractivity contribution in [3.8, 4) is 0 Å². The Balaban J connectivity index is 2.07. The van der Waals surface area contributed by atoms with E-state index in [1.807, 2.05) is 26.0 Å². The van der Waals surface area contributed by atoms with Gasteiger partial charge in [0, 0.05) is 17.8 Å². The van der Waals surface area contributed by atoms with Gasteiger partial charge in [0.25, 0.3) is 10.0 Å². The predicted molar refractivity (Wildman–Crippen MR) is 82.8 cm³/mol. The van der Waals surface area contributed by atoms with E-state index in [0.29, 0.717) is 16.7 Å². The number of H-pyrrole nitrogens is 1. The molecule has 6 heteroatoms. The number of fused-ring (bicyclic) bond motifs is 1. The summed E-state index contributed by atoms with van der Waals surface area (Å²) in [5, 5.41) is 0.579. The van der Waals surface area contributed by atoms with E-state index in [1.165, 1.54) is 6.20 Å². The van der Waals surface area contributed by atoms with E-state index < -0.39 is 10.0 Å². The Labute approximate surface area is 123 Å². The third kappa shape index (κ3) is 2.38. The van der Waals surface area contributed by atoms with Crippen LogP contribution in [0.1, 0.15) is 11.1 Å². The highest BCUT2D eigenvalue weighted by molar-refractivity contribution is 7.93. The van der Waals surface area contributed by atoms with E-state index in [0.717, 1.165) is 11.1 Å². The second-order valence-electron chi connectivity index (χ2n) is 4.91. The fourth-order valence-electron chi connectivity index (χ4n) is 2.21. The van der Waals surface area contributed by atoms with Crippen LogP contribution in [0.4, 0.5) is 5.69 Å². The summed E-state index contributed by atoms with van der Waals surface area (Å²) in [5.41, 5.74) is 3.10. The molecule has 0 radical (unpaired) electrons. The number of anilines is 1. The van der Waals surface area contributed by atoms with Gasteiger partial charge < -0.3 is 4.98 Å². The van der Waals surface area contributed by atoms with Gasteiger partial charge >= 0.3 is 0 Å². The van der Waals surface area contributed by atoms with Gasteiger partial charge in [0.1, 0.15) is 10.5 Å². The number of nitrogens with zero attached hydrogens (tertiary/aromatic N) is 1. The number of rotatable bonds is 3. The van der Waals surface area contributed by atoms with Crippen molar-refractivity contribution in [3.63, 3.8) is 0 Å². The van der Waals surface area contributed by atoms with E-state index >= 15 is 0 Å². The van der Waals surface area contributed by atoms with Crippen molar-refractivity contribution in [2.75, 3.05) is 4.72 Å². The van der Waals surface area contributed by atoms with Crippen LogP contribution in [0.15, 0.2) is 47.6 Å². The van der Waals surface area contributed by atoms with Gasteiger partial charge in [-0.2, -0.15) is 0 Å². The van der Waals surface area contributed by atoms with Crippen molar-refractivity contribution < 1.29 is 8.42 Å². The zero-order valence-electron chi connectivity index (χ0n) is 11.7. The molecule has 0 atom stereocenters. The quantitative estimate of drug-likeness (QED) is 0.781. The Bertz CT molecular complexity index is 914. The summed E-state index contributed by atoms with van der Waals surface area (Å²) in [6.45, 7) is 3.84. The molecule has 2 heterocycles. The molecule has 0 saturated carbocycles. The number of hydrogen-bond acceptors (Lipinski definition) is 3. The number of aromatic nitrogens is 2. The minimum atomic E-state index is -3.66. The summed E-state index contributed by atoms with van der Waals surface area (Å²) < 4.78 is 27.8. The number of hydrogen-bond donors (Lipinski definition) is 2. The lowest BCUT2D eigenvalue weighted by molar-refractivity contribution is 0.602. The van der Waals surface area contributed by atoms with Crippen LogP contribution in [0.5, 0.6) is 0 Å². The monoisotopic (exact) mass is 301 g/mol. The van der Waals surface area contributed by atoms with Crippen LogP contribution in [0.2, 0.25) is 0 Å². The number of aryl methyl sites for hydroxylation is 1. The lowest BCUT2D eigenvalue weighted by Crippen LogP contribution is -2.13. The molecule has 0 bridgehead atoms. The summed E-state index contributed by atoms with van der Waals surface area (Å²) in [6.07, 6.45) is 3.08. The van der Waals surface area contributed by atoms with Crippen molar-refractivity contribution in [2.45, 2.75) is 18.7 Å². The van der Waals surface area contributed by atoms with E-state index in [-0.39, 0.29) is 4.90 Å². The van der Waals surface area contributed by atoms with Gasteiger partial charge in [0.05, 0.1) is 5.69 Å². The molecular weight excluding hydrogens is 286 g/mol. The molecule has 5 nitrogen and oxygen atoms in total. The van der Waals surface area contributed by atoms with Crippen LogP contribution in [0.25, 0.3) is 11.0 Å². The van der Waals surface area contributed by atoms with E-state index in [2.05, 4.69) is 14.7 Å². The third-order valence-electron chi connectivity index (χ3n) is 3.55. The van der Waals surface area contributed by atoms with Crippen LogP contribution in [-0.2, 0) is 10.0 Å². The Morgan fingerprint density at radius 1 is 1.14 bits per heavy atom. The van der Waals surface area contributed by atoms with Crippen molar-refractivity contribution in [1.29, 1.82) is 0 Å². The molecule has 3 aromatic rings. The molecule has 0 aliphatic carbocycles. The molecule has 0 saturated heterocycles. The van der Waals surface area contributed by atoms with Gasteiger partial charge in [-0.3, -0.25) is 4.72 Å². The van der Waals surface area contributed by atoms with Gasteiger partial charge in [-0.1, -0.05) is 12.1 Å². The van der Waals surface area contributed by atoms with Gasteiger partial charge in [-0.15, -0.1) is 0 Å². The van der Waals surface area contributed by atoms with Crippen molar-refractivity contribution in [1.82, 2.24) is 9.97 Å². The maximum Gasteiger partial charge on any atom is 0.264 e. The highest BCUT2D eigenvalue weighted by Gasteiger charge is 2.20. The zero-order chi connectivity index (χ0) is 15.0. The first-order valence-electron chi connectivity index (χ1n) is 6.50. The Kier molecular flexibility index (Phi) is 3.17. The minimum absolute atomic E-state index is 0.200. The summed E-state index contributed by atoms with van der Waals surface area (Å²) >= 11 is 0. The van der Waals surface area contributed by atoms with E-state index in [4.69, 9.17) is 0 Å². The Morgan fingerprint density at radius 3 is 2.76 bits per heavy atom. The van der Waals surface area contributed by atoms with E-state index in [1.54, 1.807) is 24.4 Å². The maximum absolute atomic E-state index is 12.6. The molecule has 0 unspecified atom stereocenters. The lowest BCUT2D eigenvalue weighted by Gasteiger charge is -2.11. The highest BCUT2D eigenvalue weighted by atomic mass is 32.2. The molecule has 0 spiro atoms. The second-order valence-corrected chi connectivity index (χ2v) is 6.56. The second kappa shape index (κ2) is 4.89. The van der Waals surface area contributed by atoms with Gasteiger partial charge in [-0.25, -0.2) is 13.4 Å². The molecule has 0 aliphatic rings. The van der Waals surface area contributed by atoms with Crippen LogP contribution in [-0.4, -0.2) is 18.4 Å². The molecule has 21 heavy (non-hydrogen) atoms. The normalized spacial score (nSPS) is 11.7. The number of nitrogens with one attached hydrogen (secondary N) is 2. The summed E-state index contributed by atoms with van der Waals surface area (Å²) in [6, 6.07) is 8.98. The molecule has 0 aliphatic heterocycles. The largest absolute Gasteiger partial charge is 0.345 e. The summed E-state index contributed by atoms with van der Waals surface area (Å²) in [4.78, 5) is 7.18. The standard InChI is InChI=1S/C15H15N3O2S/c1-10-5-3-7-13(11(10)2)18-21(19,20)14-9-17-15-12(14)6-4-8-16-15/h3-9,18H,1-2H3,(H,16,17). The topological polar surface area (TPSA) is 74.8 Å². The SMILES string of the molecule is Cc1cccc(NS(=O)(=O)c2c[nH]c3ncccc23)c1C. The third-order valence-corrected chi connectivity index (χ3v) is 4.96. The lowest BCUT2D eigenvalue weighted by atomic mass is 10.1. The maximum atomic E-state index is 12.6. The number of aromatic amines is 1. The summed E-state index contributed by atoms with van der Waals surface area (Å²) in [7, 11) is -3.66. The number of sulfonamides is 1. The predicted octanol–water partition coefficient (Wildman–Crippen LogP) is 2.98. The van der Waals surface area contributed by atoms with Gasteiger partial charge in [0.15, 0.2) is 0 Å². The van der Waals surface area contributed by atoms with Crippen LogP contribution in [0.3, 0.4) is 0 Å². The minimum Gasteiger partial charge on any atom is -0.345 e. The first kappa shape index (κ1) is 13.6. The van der Waals surface area contributed by atoms with Crippen LogP contribution < -0.4 is 4.72 Å². The molecule has 2 N–H and O–H groups in total. The first-order valence-corrected chi connectivity index (χ1v) is 7.98. The van der Waals surface area contributed by atoms with E-state index in [9.17, 15) is 8.42 Å².